The third-order valence-electron chi connectivity index (χ3n) is 7.03. The number of nitrogens with one attached hydrogen (secondary N) is 1. The molecule has 3 aromatic rings. The van der Waals surface area contributed by atoms with Crippen molar-refractivity contribution >= 4 is 23.0 Å². The van der Waals surface area contributed by atoms with Gasteiger partial charge in [0.1, 0.15) is 0 Å². The second-order valence-electron chi connectivity index (χ2n) is 9.17. The van der Waals surface area contributed by atoms with Crippen LogP contribution in [0.2, 0.25) is 0 Å². The molecule has 2 aromatic heterocycles. The molecule has 5 rings (SSSR count). The Hall–Kier alpha value is -2.94. The van der Waals surface area contributed by atoms with E-state index in [0.717, 1.165) is 37.7 Å². The Morgan fingerprint density at radius 2 is 1.83 bits per heavy atom. The first-order chi connectivity index (χ1) is 17.1. The number of hydrogen-bond donors (Lipinski definition) is 2. The van der Waals surface area contributed by atoms with Crippen LogP contribution in [0.1, 0.15) is 41.1 Å². The van der Waals surface area contributed by atoms with Crippen LogP contribution < -0.4 is 10.2 Å². The number of aromatic nitrogens is 2. The first kappa shape index (κ1) is 23.8. The van der Waals surface area contributed by atoms with Crippen LogP contribution in [0.4, 0.5) is 5.69 Å². The van der Waals surface area contributed by atoms with Gasteiger partial charge in [-0.2, -0.15) is 0 Å². The zero-order chi connectivity index (χ0) is 24.4. The molecule has 2 fully saturated rings. The first-order valence-corrected chi connectivity index (χ1v) is 12.7. The zero-order valence-electron chi connectivity index (χ0n) is 20.4. The largest absolute Gasteiger partial charge is 0.396 e. The van der Waals surface area contributed by atoms with Crippen LogP contribution >= 0.6 is 12.2 Å². The third kappa shape index (κ3) is 4.66. The average Bonchev–Trinajstić information content (AvgIpc) is 3.38. The van der Waals surface area contributed by atoms with Crippen molar-refractivity contribution in [2.45, 2.75) is 32.4 Å². The van der Waals surface area contributed by atoms with E-state index >= 15 is 0 Å². The molecule has 0 bridgehead atoms. The average molecular weight is 492 g/mol. The summed E-state index contributed by atoms with van der Waals surface area (Å²) in [7, 11) is 0. The number of pyridine rings is 1. The summed E-state index contributed by atoms with van der Waals surface area (Å²) in [6, 6.07) is 17.0. The fourth-order valence-electron chi connectivity index (χ4n) is 5.34. The van der Waals surface area contributed by atoms with E-state index in [-0.39, 0.29) is 18.7 Å². The molecule has 2 N–H and O–H groups in total. The van der Waals surface area contributed by atoms with E-state index in [1.54, 1.807) is 0 Å². The van der Waals surface area contributed by atoms with Gasteiger partial charge in [-0.15, -0.1) is 0 Å². The van der Waals surface area contributed by atoms with Crippen molar-refractivity contribution in [1.82, 2.24) is 19.8 Å². The molecule has 2 atom stereocenters. The van der Waals surface area contributed by atoms with Crippen LogP contribution in [-0.2, 0) is 4.74 Å². The molecule has 2 aliphatic heterocycles. The molecule has 7 nitrogen and oxygen atoms in total. The number of hydrogen-bond acceptors (Lipinski definition) is 5. The van der Waals surface area contributed by atoms with Gasteiger partial charge in [0, 0.05) is 55.2 Å². The summed E-state index contributed by atoms with van der Waals surface area (Å²) in [5.74, 6) is 0. The fourth-order valence-corrected chi connectivity index (χ4v) is 5.68. The number of aryl methyl sites for hydroxylation is 1. The van der Waals surface area contributed by atoms with E-state index < -0.39 is 0 Å². The molecule has 0 saturated carbocycles. The van der Waals surface area contributed by atoms with Crippen LogP contribution in [0, 0.1) is 13.8 Å². The highest BCUT2D eigenvalue weighted by Crippen LogP contribution is 2.41. The Labute approximate surface area is 212 Å². The van der Waals surface area contributed by atoms with E-state index in [1.807, 2.05) is 24.4 Å². The lowest BCUT2D eigenvalue weighted by molar-refractivity contribution is 0.122. The van der Waals surface area contributed by atoms with E-state index in [2.05, 4.69) is 68.8 Å². The molecule has 0 amide bonds. The van der Waals surface area contributed by atoms with Crippen molar-refractivity contribution in [3.05, 3.63) is 77.4 Å². The van der Waals surface area contributed by atoms with Crippen LogP contribution in [0.3, 0.4) is 0 Å². The second kappa shape index (κ2) is 10.4. The van der Waals surface area contributed by atoms with Gasteiger partial charge in [0.05, 0.1) is 31.0 Å². The van der Waals surface area contributed by atoms with Gasteiger partial charge < -0.3 is 29.5 Å². The van der Waals surface area contributed by atoms with Crippen molar-refractivity contribution < 1.29 is 9.84 Å². The smallest absolute Gasteiger partial charge is 0.170 e. The van der Waals surface area contributed by atoms with Crippen molar-refractivity contribution in [2.24, 2.45) is 0 Å². The monoisotopic (exact) mass is 491 g/mol. The summed E-state index contributed by atoms with van der Waals surface area (Å²) in [5.41, 5.74) is 6.93. The summed E-state index contributed by atoms with van der Waals surface area (Å²) in [6.07, 6.45) is 2.49. The van der Waals surface area contributed by atoms with Crippen molar-refractivity contribution in [1.29, 1.82) is 0 Å². The Morgan fingerprint density at radius 1 is 1.09 bits per heavy atom. The van der Waals surface area contributed by atoms with Crippen molar-refractivity contribution in [3.63, 3.8) is 0 Å². The summed E-state index contributed by atoms with van der Waals surface area (Å²) in [4.78, 5) is 9.22. The highest BCUT2D eigenvalue weighted by atomic mass is 32.1. The van der Waals surface area contributed by atoms with Gasteiger partial charge in [-0.3, -0.25) is 4.98 Å². The first-order valence-electron chi connectivity index (χ1n) is 12.3. The maximum absolute atomic E-state index is 9.50. The summed E-state index contributed by atoms with van der Waals surface area (Å²) in [5, 5.41) is 13.7. The van der Waals surface area contributed by atoms with Crippen LogP contribution in [0.25, 0.3) is 5.69 Å². The van der Waals surface area contributed by atoms with Gasteiger partial charge in [-0.1, -0.05) is 6.07 Å². The Kier molecular flexibility index (Phi) is 7.04. The molecular weight excluding hydrogens is 458 g/mol. The summed E-state index contributed by atoms with van der Waals surface area (Å²) in [6.45, 7) is 8.57. The number of anilines is 1. The minimum atomic E-state index is -0.0555. The van der Waals surface area contributed by atoms with Crippen molar-refractivity contribution in [2.75, 3.05) is 44.4 Å². The topological polar surface area (TPSA) is 65.8 Å². The molecule has 1 aromatic carbocycles. The molecular formula is C27H33N5O2S. The standard InChI is InChI=1S/C27H33N5O2S/c1-19-18-23(20(2)32(19)22-9-7-21(8-10-22)30-13-16-34-17-14-30)26-25(24-6-3-4-11-28-24)29-27(35)31(26)12-5-15-33/h3-4,6-11,18,25-26,33H,5,12-17H2,1-2H3,(H,29,35)/t25-,26+/m1/s1. The van der Waals surface area contributed by atoms with E-state index in [4.69, 9.17) is 17.0 Å². The molecule has 184 valence electrons. The Balaban J connectivity index is 1.50. The summed E-state index contributed by atoms with van der Waals surface area (Å²) >= 11 is 5.75. The predicted octanol–water partition coefficient (Wildman–Crippen LogP) is 3.68. The molecule has 35 heavy (non-hydrogen) atoms. The number of ether oxygens (including phenoxy) is 1. The number of thiocarbonyl (C=S) groups is 1. The SMILES string of the molecule is Cc1cc([C@H]2[C@@H](c3ccccn3)NC(=S)N2CCCO)c(C)n1-c1ccc(N2CCOCC2)cc1. The number of benzene rings is 1. The number of rotatable bonds is 7. The molecule has 4 heterocycles. The van der Waals surface area contributed by atoms with E-state index in [0.29, 0.717) is 18.1 Å². The zero-order valence-corrected chi connectivity index (χ0v) is 21.2. The molecule has 0 aliphatic carbocycles. The molecule has 2 aliphatic rings. The predicted molar refractivity (Wildman–Crippen MR) is 142 cm³/mol. The maximum Gasteiger partial charge on any atom is 0.170 e. The highest BCUT2D eigenvalue weighted by molar-refractivity contribution is 7.80. The lowest BCUT2D eigenvalue weighted by Crippen LogP contribution is -2.36. The van der Waals surface area contributed by atoms with Crippen LogP contribution in [0.5, 0.6) is 0 Å². The molecule has 2 saturated heterocycles. The number of nitrogens with zero attached hydrogens (tertiary/aromatic N) is 4. The van der Waals surface area contributed by atoms with Crippen LogP contribution in [-0.4, -0.2) is 64.1 Å². The summed E-state index contributed by atoms with van der Waals surface area (Å²) < 4.78 is 7.82. The van der Waals surface area contributed by atoms with Gasteiger partial charge in [0.15, 0.2) is 5.11 Å². The van der Waals surface area contributed by atoms with Gasteiger partial charge >= 0.3 is 0 Å². The number of aliphatic hydroxyl groups excluding tert-OH is 1. The quantitative estimate of drug-likeness (QED) is 0.489. The molecule has 0 radical (unpaired) electrons. The highest BCUT2D eigenvalue weighted by Gasteiger charge is 2.41. The minimum Gasteiger partial charge on any atom is -0.396 e. The van der Waals surface area contributed by atoms with Crippen LogP contribution in [0.15, 0.2) is 54.7 Å². The molecule has 0 unspecified atom stereocenters. The fraction of sp³-hybridized carbons (Fsp3) is 0.407. The van der Waals surface area contributed by atoms with E-state index in [1.165, 1.54) is 22.6 Å². The number of morpholine rings is 1. The minimum absolute atomic E-state index is 0.00322. The Bertz CT molecular complexity index is 1160. The van der Waals surface area contributed by atoms with Gasteiger partial charge in [-0.25, -0.2) is 0 Å². The van der Waals surface area contributed by atoms with E-state index in [9.17, 15) is 5.11 Å². The lowest BCUT2D eigenvalue weighted by atomic mass is 9.96. The van der Waals surface area contributed by atoms with Gasteiger partial charge in [0.25, 0.3) is 0 Å². The Morgan fingerprint density at radius 3 is 2.51 bits per heavy atom. The van der Waals surface area contributed by atoms with Gasteiger partial charge in [-0.05, 0) is 80.5 Å². The third-order valence-corrected chi connectivity index (χ3v) is 7.38. The molecule has 0 spiro atoms. The second-order valence-corrected chi connectivity index (χ2v) is 9.56. The van der Waals surface area contributed by atoms with Crippen molar-refractivity contribution in [3.8, 4) is 5.69 Å². The lowest BCUT2D eigenvalue weighted by Gasteiger charge is -2.29. The van der Waals surface area contributed by atoms with Gasteiger partial charge in [0.2, 0.25) is 0 Å². The maximum atomic E-state index is 9.50. The number of aliphatic hydroxyl groups is 1. The normalized spacial score (nSPS) is 20.4. The molecule has 8 heteroatoms.